The van der Waals surface area contributed by atoms with Gasteiger partial charge in [-0.1, -0.05) is 97.1 Å². The molecular formula is C31H32N2O4. The zero-order valence-corrected chi connectivity index (χ0v) is 20.8. The molecule has 2 atom stereocenters. The molecule has 3 aromatic rings. The van der Waals surface area contributed by atoms with Crippen LogP contribution in [0.5, 0.6) is 0 Å². The third-order valence-electron chi connectivity index (χ3n) is 6.36. The Morgan fingerprint density at radius 3 is 2.27 bits per heavy atom. The number of amides is 2. The number of rotatable bonds is 6. The Morgan fingerprint density at radius 1 is 0.865 bits per heavy atom. The highest BCUT2D eigenvalue weighted by molar-refractivity contribution is 5.86. The molecule has 4 rings (SSSR count). The number of carbonyl (C=O) groups is 3. The van der Waals surface area contributed by atoms with Crippen LogP contribution in [0.2, 0.25) is 0 Å². The first-order chi connectivity index (χ1) is 18.1. The van der Waals surface area contributed by atoms with Crippen LogP contribution in [-0.2, 0) is 25.7 Å². The Labute approximate surface area is 217 Å². The summed E-state index contributed by atoms with van der Waals surface area (Å²) in [5, 5.41) is 5.83. The summed E-state index contributed by atoms with van der Waals surface area (Å²) >= 11 is 0. The second-order valence-corrected chi connectivity index (χ2v) is 9.12. The Kier molecular flexibility index (Phi) is 9.24. The van der Waals surface area contributed by atoms with Gasteiger partial charge in [0.25, 0.3) is 0 Å². The van der Waals surface area contributed by atoms with Gasteiger partial charge in [-0.25, -0.2) is 0 Å². The smallest absolute Gasteiger partial charge is 0.306 e. The SMILES string of the molecule is O=C(C[C@@H]1C/C=C/CCC(=O)O[C@H](c2ccccc2)CNC1=O)NCc1ccc(-c2ccccc2)cc1. The number of cyclic esters (lactones) is 1. The molecule has 2 amide bonds. The number of carbonyl (C=O) groups excluding carboxylic acids is 3. The normalized spacial score (nSPS) is 19.5. The molecule has 1 heterocycles. The summed E-state index contributed by atoms with van der Waals surface area (Å²) < 4.78 is 5.63. The third-order valence-corrected chi connectivity index (χ3v) is 6.36. The van der Waals surface area contributed by atoms with Gasteiger partial charge in [-0.05, 0) is 35.1 Å². The third kappa shape index (κ3) is 7.90. The van der Waals surface area contributed by atoms with E-state index in [1.807, 2.05) is 84.9 Å². The van der Waals surface area contributed by atoms with Crippen LogP contribution in [0.15, 0.2) is 97.1 Å². The Balaban J connectivity index is 1.34. The highest BCUT2D eigenvalue weighted by Crippen LogP contribution is 2.21. The lowest BCUT2D eigenvalue weighted by molar-refractivity contribution is -0.150. The summed E-state index contributed by atoms with van der Waals surface area (Å²) in [4.78, 5) is 38.0. The van der Waals surface area contributed by atoms with E-state index in [9.17, 15) is 14.4 Å². The lowest BCUT2D eigenvalue weighted by Crippen LogP contribution is -2.37. The summed E-state index contributed by atoms with van der Waals surface area (Å²) in [6.45, 7) is 0.550. The van der Waals surface area contributed by atoms with Crippen molar-refractivity contribution in [1.82, 2.24) is 10.6 Å². The lowest BCUT2D eigenvalue weighted by atomic mass is 9.98. The molecule has 0 fully saturated rings. The second kappa shape index (κ2) is 13.2. The van der Waals surface area contributed by atoms with Gasteiger partial charge in [0.2, 0.25) is 11.8 Å². The zero-order chi connectivity index (χ0) is 25.9. The molecule has 0 radical (unpaired) electrons. The van der Waals surface area contributed by atoms with E-state index in [2.05, 4.69) is 22.8 Å². The number of nitrogens with one attached hydrogen (secondary N) is 2. The highest BCUT2D eigenvalue weighted by atomic mass is 16.5. The van der Waals surface area contributed by atoms with Crippen molar-refractivity contribution < 1.29 is 19.1 Å². The standard InChI is InChI=1S/C31H32N2O4/c34-29(32-21-23-16-18-25(19-17-23)24-10-4-1-5-11-24)20-27-14-8-3-9-15-30(35)37-28(22-33-31(27)36)26-12-6-2-7-13-26/h1-8,10-13,16-19,27-28H,9,14-15,20-22H2,(H,32,34)(H,33,36)/b8-3+/t27-,28-/m0/s1. The van der Waals surface area contributed by atoms with Gasteiger partial charge in [0.15, 0.2) is 0 Å². The Morgan fingerprint density at radius 2 is 1.54 bits per heavy atom. The minimum Gasteiger partial charge on any atom is -0.456 e. The van der Waals surface area contributed by atoms with Crippen LogP contribution in [0.4, 0.5) is 0 Å². The van der Waals surface area contributed by atoms with Crippen molar-refractivity contribution in [2.75, 3.05) is 6.54 Å². The van der Waals surface area contributed by atoms with Crippen LogP contribution >= 0.6 is 0 Å². The van der Waals surface area contributed by atoms with Gasteiger partial charge in [-0.3, -0.25) is 14.4 Å². The topological polar surface area (TPSA) is 84.5 Å². The van der Waals surface area contributed by atoms with Gasteiger partial charge >= 0.3 is 5.97 Å². The van der Waals surface area contributed by atoms with Crippen molar-refractivity contribution in [2.24, 2.45) is 5.92 Å². The van der Waals surface area contributed by atoms with Crippen molar-refractivity contribution in [3.8, 4) is 11.1 Å². The molecular weight excluding hydrogens is 464 g/mol. The quantitative estimate of drug-likeness (QED) is 0.367. The fourth-order valence-electron chi connectivity index (χ4n) is 4.26. The van der Waals surface area contributed by atoms with Crippen LogP contribution in [-0.4, -0.2) is 24.3 Å². The molecule has 1 aliphatic heterocycles. The first-order valence-electron chi connectivity index (χ1n) is 12.7. The minimum absolute atomic E-state index is 0.0774. The summed E-state index contributed by atoms with van der Waals surface area (Å²) in [5.74, 6) is -1.23. The maximum absolute atomic E-state index is 13.0. The lowest BCUT2D eigenvalue weighted by Gasteiger charge is -2.21. The molecule has 1 aliphatic rings. The van der Waals surface area contributed by atoms with Crippen LogP contribution in [0.25, 0.3) is 11.1 Å². The molecule has 6 nitrogen and oxygen atoms in total. The number of ether oxygens (including phenoxy) is 1. The highest BCUT2D eigenvalue weighted by Gasteiger charge is 2.24. The van der Waals surface area contributed by atoms with Crippen molar-refractivity contribution >= 4 is 17.8 Å². The minimum atomic E-state index is -0.575. The van der Waals surface area contributed by atoms with Gasteiger partial charge in [-0.15, -0.1) is 0 Å². The van der Waals surface area contributed by atoms with Crippen molar-refractivity contribution in [3.05, 3.63) is 108 Å². The molecule has 0 spiro atoms. The van der Waals surface area contributed by atoms with Crippen molar-refractivity contribution in [1.29, 1.82) is 0 Å². The first-order valence-corrected chi connectivity index (χ1v) is 12.7. The van der Waals surface area contributed by atoms with Gasteiger partial charge < -0.3 is 15.4 Å². The fraction of sp³-hybridized carbons (Fsp3) is 0.258. The molecule has 0 saturated carbocycles. The molecule has 6 heteroatoms. The van der Waals surface area contributed by atoms with Crippen molar-refractivity contribution in [2.45, 2.75) is 38.3 Å². The Bertz CT molecular complexity index is 1210. The van der Waals surface area contributed by atoms with Crippen LogP contribution in [0.3, 0.4) is 0 Å². The van der Waals surface area contributed by atoms with E-state index in [4.69, 9.17) is 4.74 Å². The zero-order valence-electron chi connectivity index (χ0n) is 20.8. The van der Waals surface area contributed by atoms with Gasteiger partial charge in [0, 0.05) is 19.4 Å². The summed E-state index contributed by atoms with van der Waals surface area (Å²) in [5.41, 5.74) is 4.07. The first kappa shape index (κ1) is 25.9. The predicted octanol–water partition coefficient (Wildman–Crippen LogP) is 5.12. The molecule has 2 N–H and O–H groups in total. The summed E-state index contributed by atoms with van der Waals surface area (Å²) in [6, 6.07) is 27.6. The maximum atomic E-state index is 13.0. The largest absolute Gasteiger partial charge is 0.456 e. The number of allylic oxidation sites excluding steroid dienone is 2. The van der Waals surface area contributed by atoms with E-state index in [-0.39, 0.29) is 37.2 Å². The average Bonchev–Trinajstić information content (AvgIpc) is 2.93. The van der Waals surface area contributed by atoms with Crippen LogP contribution in [0, 0.1) is 5.92 Å². The van der Waals surface area contributed by atoms with Gasteiger partial charge in [0.1, 0.15) is 6.10 Å². The number of hydrogen-bond donors (Lipinski definition) is 2. The molecule has 3 aromatic carbocycles. The predicted molar refractivity (Wildman–Crippen MR) is 143 cm³/mol. The van der Waals surface area contributed by atoms with Gasteiger partial charge in [0.05, 0.1) is 12.5 Å². The fourth-order valence-corrected chi connectivity index (χ4v) is 4.26. The van der Waals surface area contributed by atoms with E-state index >= 15 is 0 Å². The maximum Gasteiger partial charge on any atom is 0.306 e. The second-order valence-electron chi connectivity index (χ2n) is 9.12. The van der Waals surface area contributed by atoms with E-state index in [0.717, 1.165) is 22.3 Å². The monoisotopic (exact) mass is 496 g/mol. The van der Waals surface area contributed by atoms with Crippen LogP contribution in [0.1, 0.15) is 42.9 Å². The summed E-state index contributed by atoms with van der Waals surface area (Å²) in [7, 11) is 0. The molecule has 0 bridgehead atoms. The number of benzene rings is 3. The average molecular weight is 497 g/mol. The van der Waals surface area contributed by atoms with E-state index < -0.39 is 12.0 Å². The Hall–Kier alpha value is -4.19. The molecule has 37 heavy (non-hydrogen) atoms. The summed E-state index contributed by atoms with van der Waals surface area (Å²) in [6.07, 6.45) is 4.46. The molecule has 190 valence electrons. The molecule has 0 aromatic heterocycles. The molecule has 0 unspecified atom stereocenters. The van der Waals surface area contributed by atoms with Gasteiger partial charge in [-0.2, -0.15) is 0 Å². The van der Waals surface area contributed by atoms with Crippen molar-refractivity contribution in [3.63, 3.8) is 0 Å². The number of hydrogen-bond acceptors (Lipinski definition) is 4. The van der Waals surface area contributed by atoms with E-state index in [1.165, 1.54) is 0 Å². The molecule has 0 aliphatic carbocycles. The number of esters is 1. The van der Waals surface area contributed by atoms with E-state index in [1.54, 1.807) is 0 Å². The molecule has 0 saturated heterocycles. The van der Waals surface area contributed by atoms with Crippen LogP contribution < -0.4 is 10.6 Å². The van der Waals surface area contributed by atoms with E-state index in [0.29, 0.717) is 19.4 Å².